The van der Waals surface area contributed by atoms with Crippen molar-refractivity contribution in [2.45, 2.75) is 32.2 Å². The average molecular weight is 315 g/mol. The van der Waals surface area contributed by atoms with Gasteiger partial charge in [0, 0.05) is 31.7 Å². The molecule has 1 aliphatic heterocycles. The normalized spacial score (nSPS) is 15.7. The monoisotopic (exact) mass is 315 g/mol. The lowest BCUT2D eigenvalue weighted by Crippen LogP contribution is -2.38. The molecule has 23 heavy (non-hydrogen) atoms. The van der Waals surface area contributed by atoms with E-state index in [9.17, 15) is 4.79 Å². The Kier molecular flexibility index (Phi) is 4.55. The summed E-state index contributed by atoms with van der Waals surface area (Å²) in [6, 6.07) is 3.51. The van der Waals surface area contributed by atoms with E-state index < -0.39 is 0 Å². The predicted octanol–water partition coefficient (Wildman–Crippen LogP) is 1.72. The molecule has 0 aromatic carbocycles. The number of aromatic nitrogens is 4. The summed E-state index contributed by atoms with van der Waals surface area (Å²) in [5.41, 5.74) is 0.519. The van der Waals surface area contributed by atoms with Crippen molar-refractivity contribution in [2.24, 2.45) is 0 Å². The fraction of sp³-hybridized carbons (Fsp3) is 0.500. The molecule has 2 aromatic rings. The number of ether oxygens (including phenoxy) is 1. The Labute approximate surface area is 135 Å². The predicted molar refractivity (Wildman–Crippen MR) is 84.4 cm³/mol. The van der Waals surface area contributed by atoms with Crippen molar-refractivity contribution in [3.8, 4) is 5.88 Å². The van der Waals surface area contributed by atoms with Gasteiger partial charge in [0.05, 0.1) is 7.11 Å². The summed E-state index contributed by atoms with van der Waals surface area (Å²) in [5, 5.41) is 8.25. The minimum atomic E-state index is -0.0228. The fourth-order valence-electron chi connectivity index (χ4n) is 3.05. The largest absolute Gasteiger partial charge is 0.480 e. The molecule has 7 heteroatoms. The maximum absolute atomic E-state index is 12.7. The summed E-state index contributed by atoms with van der Waals surface area (Å²) in [7, 11) is 1.53. The number of aryl methyl sites for hydroxylation is 1. The van der Waals surface area contributed by atoms with Crippen LogP contribution in [-0.2, 0) is 6.54 Å². The minimum absolute atomic E-state index is 0.0228. The van der Waals surface area contributed by atoms with Crippen LogP contribution in [0.15, 0.2) is 24.7 Å². The molecule has 0 N–H and O–H groups in total. The van der Waals surface area contributed by atoms with Gasteiger partial charge in [0.25, 0.3) is 5.91 Å². The molecule has 0 spiro atoms. The molecule has 0 atom stereocenters. The molecule has 0 unspecified atom stereocenters. The lowest BCUT2D eigenvalue weighted by Gasteiger charge is -2.31. The maximum Gasteiger partial charge on any atom is 0.259 e. The molecule has 122 valence electrons. The number of amides is 1. The first-order valence-electron chi connectivity index (χ1n) is 7.90. The highest BCUT2D eigenvalue weighted by atomic mass is 16.5. The van der Waals surface area contributed by atoms with E-state index in [4.69, 9.17) is 4.74 Å². The highest BCUT2D eigenvalue weighted by Crippen LogP contribution is 2.28. The van der Waals surface area contributed by atoms with Gasteiger partial charge in [0.15, 0.2) is 0 Å². The Morgan fingerprint density at radius 2 is 2.17 bits per heavy atom. The molecule has 3 rings (SSSR count). The van der Waals surface area contributed by atoms with Crippen LogP contribution in [0.2, 0.25) is 0 Å². The molecule has 1 amide bonds. The molecule has 1 saturated heterocycles. The van der Waals surface area contributed by atoms with E-state index in [1.807, 2.05) is 4.90 Å². The molecule has 0 aliphatic carbocycles. The van der Waals surface area contributed by atoms with E-state index in [0.29, 0.717) is 30.5 Å². The van der Waals surface area contributed by atoms with Gasteiger partial charge in [-0.2, -0.15) is 0 Å². The van der Waals surface area contributed by atoms with Gasteiger partial charge in [-0.1, -0.05) is 0 Å². The van der Waals surface area contributed by atoms with Gasteiger partial charge >= 0.3 is 0 Å². The van der Waals surface area contributed by atoms with Gasteiger partial charge in [-0.15, -0.1) is 10.2 Å². The van der Waals surface area contributed by atoms with E-state index in [-0.39, 0.29) is 5.91 Å². The molecule has 0 radical (unpaired) electrons. The van der Waals surface area contributed by atoms with Gasteiger partial charge in [-0.05, 0) is 31.9 Å². The summed E-state index contributed by atoms with van der Waals surface area (Å²) >= 11 is 0. The first kappa shape index (κ1) is 15.5. The third kappa shape index (κ3) is 3.04. The van der Waals surface area contributed by atoms with Crippen LogP contribution in [0.1, 0.15) is 41.9 Å². The van der Waals surface area contributed by atoms with Crippen LogP contribution in [0.3, 0.4) is 0 Å². The molecule has 2 aromatic heterocycles. The number of nitrogens with zero attached hydrogens (tertiary/aromatic N) is 5. The number of pyridine rings is 1. The Hall–Kier alpha value is -2.44. The van der Waals surface area contributed by atoms with Crippen LogP contribution < -0.4 is 4.74 Å². The summed E-state index contributed by atoms with van der Waals surface area (Å²) in [6.07, 6.45) is 5.19. The van der Waals surface area contributed by atoms with Gasteiger partial charge in [-0.3, -0.25) is 4.79 Å². The lowest BCUT2D eigenvalue weighted by molar-refractivity contribution is 0.0706. The summed E-state index contributed by atoms with van der Waals surface area (Å²) < 4.78 is 7.26. The number of methoxy groups -OCH3 is 1. The molecule has 7 nitrogen and oxygen atoms in total. The summed E-state index contributed by atoms with van der Waals surface area (Å²) in [4.78, 5) is 18.6. The van der Waals surface area contributed by atoms with Gasteiger partial charge in [0.1, 0.15) is 17.7 Å². The smallest absolute Gasteiger partial charge is 0.259 e. The van der Waals surface area contributed by atoms with Crippen molar-refractivity contribution in [2.75, 3.05) is 20.2 Å². The zero-order valence-corrected chi connectivity index (χ0v) is 13.5. The maximum atomic E-state index is 12.7. The van der Waals surface area contributed by atoms with Crippen LogP contribution in [0, 0.1) is 0 Å². The van der Waals surface area contributed by atoms with Crippen molar-refractivity contribution < 1.29 is 9.53 Å². The standard InChI is InChI=1S/C16H21N5O2/c1-3-20-11-18-19-14(20)12-6-9-21(10-7-12)16(22)13-5-4-8-17-15(13)23-2/h4-5,8,11-12H,3,6-7,9-10H2,1-2H3. The van der Waals surface area contributed by atoms with Crippen molar-refractivity contribution >= 4 is 5.91 Å². The van der Waals surface area contributed by atoms with Gasteiger partial charge in [0.2, 0.25) is 5.88 Å². The molecular weight excluding hydrogens is 294 g/mol. The van der Waals surface area contributed by atoms with Crippen molar-refractivity contribution in [3.63, 3.8) is 0 Å². The molecule has 0 bridgehead atoms. The van der Waals surface area contributed by atoms with Crippen molar-refractivity contribution in [1.29, 1.82) is 0 Å². The van der Waals surface area contributed by atoms with Crippen LogP contribution in [0.4, 0.5) is 0 Å². The first-order chi connectivity index (χ1) is 11.2. The second-order valence-corrected chi connectivity index (χ2v) is 5.60. The number of piperidine rings is 1. The third-order valence-electron chi connectivity index (χ3n) is 4.33. The minimum Gasteiger partial charge on any atom is -0.480 e. The Balaban J connectivity index is 1.68. The number of hydrogen-bond acceptors (Lipinski definition) is 5. The highest BCUT2D eigenvalue weighted by Gasteiger charge is 2.28. The topological polar surface area (TPSA) is 73.1 Å². The number of rotatable bonds is 4. The molecule has 1 fully saturated rings. The van der Waals surface area contributed by atoms with Gasteiger partial charge in [-0.25, -0.2) is 4.98 Å². The molecule has 0 saturated carbocycles. The quantitative estimate of drug-likeness (QED) is 0.859. The number of hydrogen-bond donors (Lipinski definition) is 0. The zero-order valence-electron chi connectivity index (χ0n) is 13.5. The zero-order chi connectivity index (χ0) is 16.2. The average Bonchev–Trinajstić information content (AvgIpc) is 3.10. The van der Waals surface area contributed by atoms with Crippen LogP contribution in [-0.4, -0.2) is 50.8 Å². The van der Waals surface area contributed by atoms with E-state index in [1.54, 1.807) is 24.7 Å². The lowest BCUT2D eigenvalue weighted by atomic mass is 9.95. The fourth-order valence-corrected chi connectivity index (χ4v) is 3.05. The second kappa shape index (κ2) is 6.76. The molecule has 1 aliphatic rings. The Bertz CT molecular complexity index is 677. The number of likely N-dealkylation sites (tertiary alicyclic amines) is 1. The summed E-state index contributed by atoms with van der Waals surface area (Å²) in [6.45, 7) is 4.37. The van der Waals surface area contributed by atoms with E-state index in [2.05, 4.69) is 26.7 Å². The van der Waals surface area contributed by atoms with E-state index in [0.717, 1.165) is 25.2 Å². The van der Waals surface area contributed by atoms with Crippen LogP contribution in [0.5, 0.6) is 5.88 Å². The van der Waals surface area contributed by atoms with Crippen LogP contribution in [0.25, 0.3) is 0 Å². The molecule has 3 heterocycles. The van der Waals surface area contributed by atoms with Crippen LogP contribution >= 0.6 is 0 Å². The Morgan fingerprint density at radius 1 is 1.39 bits per heavy atom. The highest BCUT2D eigenvalue weighted by molar-refractivity contribution is 5.96. The third-order valence-corrected chi connectivity index (χ3v) is 4.33. The van der Waals surface area contributed by atoms with E-state index in [1.165, 1.54) is 7.11 Å². The van der Waals surface area contributed by atoms with E-state index >= 15 is 0 Å². The number of carbonyl (C=O) groups excluding carboxylic acids is 1. The van der Waals surface area contributed by atoms with Gasteiger partial charge < -0.3 is 14.2 Å². The van der Waals surface area contributed by atoms with Crippen molar-refractivity contribution in [3.05, 3.63) is 36.0 Å². The SMILES string of the molecule is CCn1cnnc1C1CCN(C(=O)c2cccnc2OC)CC1. The Morgan fingerprint density at radius 3 is 2.87 bits per heavy atom. The summed E-state index contributed by atoms with van der Waals surface area (Å²) in [5.74, 6) is 1.74. The number of carbonyl (C=O) groups is 1. The molecular formula is C16H21N5O2. The first-order valence-corrected chi connectivity index (χ1v) is 7.90. The second-order valence-electron chi connectivity index (χ2n) is 5.60. The van der Waals surface area contributed by atoms with Crippen molar-refractivity contribution in [1.82, 2.24) is 24.6 Å².